The lowest BCUT2D eigenvalue weighted by Gasteiger charge is -2.23. The van der Waals surface area contributed by atoms with Crippen LogP contribution in [0.4, 0.5) is 5.69 Å². The molecule has 8 nitrogen and oxygen atoms in total. The maximum Gasteiger partial charge on any atom is 0.332 e. The molecule has 0 radical (unpaired) electrons. The predicted molar refractivity (Wildman–Crippen MR) is 133 cm³/mol. The van der Waals surface area contributed by atoms with Gasteiger partial charge in [-0.3, -0.25) is 23.5 Å². The van der Waals surface area contributed by atoms with E-state index in [-0.39, 0.29) is 6.54 Å². The zero-order valence-electron chi connectivity index (χ0n) is 19.3. The molecule has 178 valence electrons. The quantitative estimate of drug-likeness (QED) is 0.369. The van der Waals surface area contributed by atoms with Crippen molar-refractivity contribution < 1.29 is 14.3 Å². The first-order valence-corrected chi connectivity index (χ1v) is 11.3. The number of fused-ring (bicyclic) bond motifs is 1. The largest absolute Gasteiger partial charge is 0.454 e. The van der Waals surface area contributed by atoms with E-state index in [1.807, 2.05) is 60.7 Å². The van der Waals surface area contributed by atoms with Crippen LogP contribution in [0.2, 0.25) is 0 Å². The molecule has 0 N–H and O–H groups in total. The predicted octanol–water partition coefficient (Wildman–Crippen LogP) is 2.96. The van der Waals surface area contributed by atoms with Gasteiger partial charge < -0.3 is 9.64 Å². The SMILES string of the molecule is CCn1c(=O)c2ccccc2n(CC(=O)OCC(=O)N(Cc2ccccc2)c2ccccc2)c1=O. The molecule has 0 atom stereocenters. The Bertz CT molecular complexity index is 1460. The Balaban J connectivity index is 1.53. The molecule has 4 rings (SSSR count). The second kappa shape index (κ2) is 10.6. The Labute approximate surface area is 201 Å². The summed E-state index contributed by atoms with van der Waals surface area (Å²) < 4.78 is 7.55. The monoisotopic (exact) mass is 471 g/mol. The molecule has 35 heavy (non-hydrogen) atoms. The summed E-state index contributed by atoms with van der Waals surface area (Å²) in [4.78, 5) is 52.7. The van der Waals surface area contributed by atoms with Crippen LogP contribution >= 0.6 is 0 Å². The van der Waals surface area contributed by atoms with Crippen LogP contribution in [0.25, 0.3) is 10.9 Å². The van der Waals surface area contributed by atoms with E-state index in [0.29, 0.717) is 23.1 Å². The third-order valence-corrected chi connectivity index (χ3v) is 5.64. The van der Waals surface area contributed by atoms with Gasteiger partial charge in [-0.15, -0.1) is 0 Å². The van der Waals surface area contributed by atoms with Gasteiger partial charge in [-0.1, -0.05) is 60.7 Å². The van der Waals surface area contributed by atoms with Gasteiger partial charge in [0.25, 0.3) is 11.5 Å². The van der Waals surface area contributed by atoms with Crippen LogP contribution in [0.15, 0.2) is 94.5 Å². The molecule has 0 aliphatic carbocycles. The molecule has 0 fully saturated rings. The minimum atomic E-state index is -0.750. The number of hydrogen-bond acceptors (Lipinski definition) is 5. The number of rotatable bonds is 8. The summed E-state index contributed by atoms with van der Waals surface area (Å²) >= 11 is 0. The molecule has 3 aromatic carbocycles. The number of para-hydroxylation sites is 2. The molecule has 0 saturated heterocycles. The summed E-state index contributed by atoms with van der Waals surface area (Å²) in [6.07, 6.45) is 0. The van der Waals surface area contributed by atoms with E-state index in [1.54, 1.807) is 36.1 Å². The Morgan fingerprint density at radius 1 is 0.829 bits per heavy atom. The van der Waals surface area contributed by atoms with E-state index in [4.69, 9.17) is 4.74 Å². The minimum Gasteiger partial charge on any atom is -0.454 e. The summed E-state index contributed by atoms with van der Waals surface area (Å²) in [6.45, 7) is 1.26. The third kappa shape index (κ3) is 5.22. The fourth-order valence-corrected chi connectivity index (χ4v) is 3.89. The number of ether oxygens (including phenoxy) is 1. The molecule has 1 amide bonds. The van der Waals surface area contributed by atoms with Gasteiger partial charge in [0.1, 0.15) is 6.54 Å². The van der Waals surface area contributed by atoms with E-state index >= 15 is 0 Å². The molecule has 0 aliphatic heterocycles. The van der Waals surface area contributed by atoms with Gasteiger partial charge in [0.2, 0.25) is 0 Å². The van der Waals surface area contributed by atoms with E-state index in [2.05, 4.69) is 0 Å². The first kappa shape index (κ1) is 23.7. The smallest absolute Gasteiger partial charge is 0.332 e. The van der Waals surface area contributed by atoms with Crippen LogP contribution in [0.1, 0.15) is 12.5 Å². The van der Waals surface area contributed by atoms with Gasteiger partial charge in [0, 0.05) is 12.2 Å². The number of esters is 1. The lowest BCUT2D eigenvalue weighted by Crippen LogP contribution is -2.41. The number of carbonyl (C=O) groups excluding carboxylic acids is 2. The summed E-state index contributed by atoms with van der Waals surface area (Å²) in [5.74, 6) is -1.15. The molecular weight excluding hydrogens is 446 g/mol. The average molecular weight is 472 g/mol. The van der Waals surface area contributed by atoms with Crippen LogP contribution < -0.4 is 16.1 Å². The van der Waals surface area contributed by atoms with Crippen LogP contribution in [0.3, 0.4) is 0 Å². The molecule has 1 heterocycles. The zero-order valence-corrected chi connectivity index (χ0v) is 19.3. The molecule has 0 unspecified atom stereocenters. The van der Waals surface area contributed by atoms with Gasteiger partial charge >= 0.3 is 11.7 Å². The first-order valence-electron chi connectivity index (χ1n) is 11.3. The summed E-state index contributed by atoms with van der Waals surface area (Å²) in [7, 11) is 0. The lowest BCUT2D eigenvalue weighted by atomic mass is 10.2. The van der Waals surface area contributed by atoms with Crippen molar-refractivity contribution in [1.82, 2.24) is 9.13 Å². The minimum absolute atomic E-state index is 0.168. The number of anilines is 1. The van der Waals surface area contributed by atoms with Crippen molar-refractivity contribution in [2.75, 3.05) is 11.5 Å². The number of amides is 1. The van der Waals surface area contributed by atoms with Gasteiger partial charge in [-0.2, -0.15) is 0 Å². The molecule has 0 spiro atoms. The van der Waals surface area contributed by atoms with E-state index in [1.165, 1.54) is 4.57 Å². The number of carbonyl (C=O) groups is 2. The second-order valence-electron chi connectivity index (χ2n) is 7.90. The maximum absolute atomic E-state index is 13.1. The summed E-state index contributed by atoms with van der Waals surface area (Å²) in [6, 6.07) is 25.2. The zero-order chi connectivity index (χ0) is 24.8. The highest BCUT2D eigenvalue weighted by Crippen LogP contribution is 2.17. The fourth-order valence-electron chi connectivity index (χ4n) is 3.89. The third-order valence-electron chi connectivity index (χ3n) is 5.64. The van der Waals surface area contributed by atoms with Crippen LogP contribution in [-0.2, 0) is 34.0 Å². The van der Waals surface area contributed by atoms with Crippen LogP contribution in [0.5, 0.6) is 0 Å². The van der Waals surface area contributed by atoms with E-state index in [0.717, 1.165) is 10.1 Å². The summed E-state index contributed by atoms with van der Waals surface area (Å²) in [5.41, 5.74) is 0.928. The molecular formula is C27H25N3O5. The fraction of sp³-hybridized carbons (Fsp3) is 0.185. The molecule has 4 aromatic rings. The normalized spacial score (nSPS) is 10.8. The van der Waals surface area contributed by atoms with Crippen molar-refractivity contribution in [3.63, 3.8) is 0 Å². The van der Waals surface area contributed by atoms with E-state index < -0.39 is 36.3 Å². The summed E-state index contributed by atoms with van der Waals surface area (Å²) in [5, 5.41) is 0.330. The number of hydrogen-bond donors (Lipinski definition) is 0. The molecule has 0 saturated carbocycles. The van der Waals surface area contributed by atoms with Gasteiger partial charge in [-0.25, -0.2) is 4.79 Å². The topological polar surface area (TPSA) is 90.6 Å². The number of nitrogens with zero attached hydrogens (tertiary/aromatic N) is 3. The van der Waals surface area contributed by atoms with Crippen molar-refractivity contribution in [3.05, 3.63) is 111 Å². The molecule has 0 aliphatic rings. The van der Waals surface area contributed by atoms with E-state index in [9.17, 15) is 19.2 Å². The molecule has 1 aromatic heterocycles. The molecule has 8 heteroatoms. The Kier molecular flexibility index (Phi) is 7.21. The van der Waals surface area contributed by atoms with Gasteiger partial charge in [0.05, 0.1) is 17.4 Å². The van der Waals surface area contributed by atoms with Crippen LogP contribution in [-0.4, -0.2) is 27.6 Å². The van der Waals surface area contributed by atoms with Crippen molar-refractivity contribution in [3.8, 4) is 0 Å². The maximum atomic E-state index is 13.1. The van der Waals surface area contributed by atoms with Gasteiger partial charge in [0.15, 0.2) is 6.61 Å². The van der Waals surface area contributed by atoms with Crippen molar-refractivity contribution in [2.45, 2.75) is 26.6 Å². The highest BCUT2D eigenvalue weighted by Gasteiger charge is 2.20. The van der Waals surface area contributed by atoms with Crippen LogP contribution in [0, 0.1) is 0 Å². The highest BCUT2D eigenvalue weighted by molar-refractivity contribution is 5.95. The first-order chi connectivity index (χ1) is 17.0. The Morgan fingerprint density at radius 2 is 1.46 bits per heavy atom. The highest BCUT2D eigenvalue weighted by atomic mass is 16.5. The Hall–Kier alpha value is -4.46. The average Bonchev–Trinajstić information content (AvgIpc) is 2.90. The molecule has 0 bridgehead atoms. The van der Waals surface area contributed by atoms with Gasteiger partial charge in [-0.05, 0) is 36.8 Å². The second-order valence-corrected chi connectivity index (χ2v) is 7.90. The van der Waals surface area contributed by atoms with Crippen molar-refractivity contribution >= 4 is 28.5 Å². The van der Waals surface area contributed by atoms with Crippen molar-refractivity contribution in [1.29, 1.82) is 0 Å². The Morgan fingerprint density at radius 3 is 2.14 bits per heavy atom. The number of aromatic nitrogens is 2. The van der Waals surface area contributed by atoms with Crippen molar-refractivity contribution in [2.24, 2.45) is 0 Å². The number of benzene rings is 3. The lowest BCUT2D eigenvalue weighted by molar-refractivity contribution is -0.148. The standard InChI is InChI=1S/C27H25N3O5/c1-2-28-26(33)22-15-9-10-16-23(22)30(27(28)34)18-25(32)35-19-24(31)29(21-13-7-4-8-14-21)17-20-11-5-3-6-12-20/h3-16H,2,17-19H2,1H3.